The molecule has 80 valence electrons. The molecule has 1 fully saturated rings. The van der Waals surface area contributed by atoms with Crippen LogP contribution in [0.5, 0.6) is 0 Å². The third-order valence-corrected chi connectivity index (χ3v) is 3.30. The van der Waals surface area contributed by atoms with Crippen LogP contribution in [0.4, 0.5) is 0 Å². The van der Waals surface area contributed by atoms with Gasteiger partial charge in [-0.15, -0.1) is 0 Å². The van der Waals surface area contributed by atoms with Crippen molar-refractivity contribution >= 4 is 17.5 Å². The van der Waals surface area contributed by atoms with E-state index >= 15 is 0 Å². The number of rotatable bonds is 3. The highest BCUT2D eigenvalue weighted by Crippen LogP contribution is 2.14. The first kappa shape index (κ1) is 10.6. The van der Waals surface area contributed by atoms with Crippen molar-refractivity contribution in [3.05, 3.63) is 30.1 Å². The number of nitrogens with zero attached hydrogens (tertiary/aromatic N) is 1. The molecule has 4 heteroatoms. The molecule has 0 amide bonds. The van der Waals surface area contributed by atoms with Crippen molar-refractivity contribution in [1.82, 2.24) is 4.98 Å². The summed E-state index contributed by atoms with van der Waals surface area (Å²) >= 11 is 1.78. The summed E-state index contributed by atoms with van der Waals surface area (Å²) in [5.41, 5.74) is 1.01. The fourth-order valence-corrected chi connectivity index (χ4v) is 2.37. The topological polar surface area (TPSA) is 39.2 Å². The number of carbonyl (C=O) groups excluding carboxylic acids is 1. The van der Waals surface area contributed by atoms with Gasteiger partial charge in [0.1, 0.15) is 6.10 Å². The third kappa shape index (κ3) is 3.04. The number of pyridine rings is 1. The van der Waals surface area contributed by atoms with Gasteiger partial charge in [-0.3, -0.25) is 9.78 Å². The Morgan fingerprint density at radius 3 is 3.00 bits per heavy atom. The zero-order chi connectivity index (χ0) is 10.5. The van der Waals surface area contributed by atoms with Crippen LogP contribution in [-0.4, -0.2) is 35.0 Å². The Labute approximate surface area is 93.2 Å². The number of hydrogen-bond donors (Lipinski definition) is 0. The number of aromatic nitrogens is 1. The average Bonchev–Trinajstić information content (AvgIpc) is 2.31. The van der Waals surface area contributed by atoms with Crippen LogP contribution >= 0.6 is 11.8 Å². The number of ether oxygens (including phenoxy) is 1. The van der Waals surface area contributed by atoms with E-state index in [4.69, 9.17) is 4.74 Å². The van der Waals surface area contributed by atoms with Gasteiger partial charge in [0.15, 0.2) is 5.78 Å². The van der Waals surface area contributed by atoms with Gasteiger partial charge in [0.2, 0.25) is 0 Å². The number of ketones is 1. The maximum absolute atomic E-state index is 11.8. The molecule has 0 N–H and O–H groups in total. The molecule has 1 aliphatic rings. The summed E-state index contributed by atoms with van der Waals surface area (Å²) in [6, 6.07) is 3.74. The van der Waals surface area contributed by atoms with Crippen molar-refractivity contribution in [1.29, 1.82) is 0 Å². The normalized spacial score (nSPS) is 21.2. The van der Waals surface area contributed by atoms with Crippen molar-refractivity contribution in [3.63, 3.8) is 0 Å². The van der Waals surface area contributed by atoms with Gasteiger partial charge in [-0.2, -0.15) is 11.8 Å². The van der Waals surface area contributed by atoms with E-state index in [9.17, 15) is 4.79 Å². The summed E-state index contributed by atoms with van der Waals surface area (Å²) in [5, 5.41) is 0. The van der Waals surface area contributed by atoms with Crippen molar-refractivity contribution in [2.24, 2.45) is 0 Å². The first-order valence-electron chi connectivity index (χ1n) is 4.97. The molecule has 2 heterocycles. The minimum absolute atomic E-state index is 0.174. The second-order valence-electron chi connectivity index (χ2n) is 3.43. The van der Waals surface area contributed by atoms with E-state index in [0.717, 1.165) is 17.1 Å². The number of carbonyl (C=O) groups is 1. The molecule has 0 aromatic carbocycles. The number of hydrogen-bond acceptors (Lipinski definition) is 4. The van der Waals surface area contributed by atoms with Crippen molar-refractivity contribution in [3.8, 4) is 0 Å². The molecular formula is C11H13NO2S. The molecule has 2 rings (SSSR count). The molecule has 0 aliphatic carbocycles. The second kappa shape index (κ2) is 5.28. The van der Waals surface area contributed by atoms with Crippen LogP contribution in [0.25, 0.3) is 0 Å². The Bertz CT molecular complexity index is 323. The summed E-state index contributed by atoms with van der Waals surface area (Å²) in [5.74, 6) is 1.97. The lowest BCUT2D eigenvalue weighted by Gasteiger charge is -2.20. The molecule has 1 atom stereocenters. The predicted octanol–water partition coefficient (Wildman–Crippen LogP) is 1.33. The molecule has 1 aliphatic heterocycles. The van der Waals surface area contributed by atoms with Gasteiger partial charge in [0, 0.05) is 30.3 Å². The lowest BCUT2D eigenvalue weighted by atomic mass is 10.1. The quantitative estimate of drug-likeness (QED) is 0.775. The molecular weight excluding hydrogens is 210 g/mol. The summed E-state index contributed by atoms with van der Waals surface area (Å²) in [4.78, 5) is 15.7. The summed E-state index contributed by atoms with van der Waals surface area (Å²) < 4.78 is 5.43. The van der Waals surface area contributed by atoms with Crippen molar-refractivity contribution in [2.45, 2.75) is 12.5 Å². The van der Waals surface area contributed by atoms with Gasteiger partial charge in [0.25, 0.3) is 0 Å². The van der Waals surface area contributed by atoms with Crippen LogP contribution in [0.2, 0.25) is 0 Å². The molecule has 1 unspecified atom stereocenters. The Kier molecular flexibility index (Phi) is 3.75. The molecule has 15 heavy (non-hydrogen) atoms. The van der Waals surface area contributed by atoms with Gasteiger partial charge < -0.3 is 4.74 Å². The zero-order valence-electron chi connectivity index (χ0n) is 8.39. The maximum atomic E-state index is 11.8. The number of thioether (sulfide) groups is 1. The van der Waals surface area contributed by atoms with Gasteiger partial charge >= 0.3 is 0 Å². The lowest BCUT2D eigenvalue weighted by molar-refractivity contribution is -0.128. The summed E-state index contributed by atoms with van der Waals surface area (Å²) in [6.07, 6.45) is 3.66. The van der Waals surface area contributed by atoms with E-state index in [1.165, 1.54) is 0 Å². The zero-order valence-corrected chi connectivity index (χ0v) is 9.20. The minimum atomic E-state index is -0.211. The maximum Gasteiger partial charge on any atom is 0.166 e. The monoisotopic (exact) mass is 223 g/mol. The molecule has 0 spiro atoms. The largest absolute Gasteiger partial charge is 0.369 e. The molecule has 1 saturated heterocycles. The Morgan fingerprint density at radius 1 is 1.53 bits per heavy atom. The van der Waals surface area contributed by atoms with Crippen LogP contribution in [0.3, 0.4) is 0 Å². The van der Waals surface area contributed by atoms with E-state index in [1.54, 1.807) is 24.2 Å². The lowest BCUT2D eigenvalue weighted by Crippen LogP contribution is -2.32. The van der Waals surface area contributed by atoms with Crippen LogP contribution in [-0.2, 0) is 16.0 Å². The van der Waals surface area contributed by atoms with E-state index in [1.807, 2.05) is 12.1 Å². The first-order valence-corrected chi connectivity index (χ1v) is 6.12. The molecule has 0 radical (unpaired) electrons. The summed E-state index contributed by atoms with van der Waals surface area (Å²) in [7, 11) is 0. The van der Waals surface area contributed by atoms with Gasteiger partial charge in [-0.05, 0) is 17.7 Å². The van der Waals surface area contributed by atoms with Gasteiger partial charge in [-0.25, -0.2) is 0 Å². The molecule has 1 aromatic rings. The molecule has 3 nitrogen and oxygen atoms in total. The smallest absolute Gasteiger partial charge is 0.166 e. The van der Waals surface area contributed by atoms with Crippen LogP contribution < -0.4 is 0 Å². The highest BCUT2D eigenvalue weighted by molar-refractivity contribution is 7.99. The van der Waals surface area contributed by atoms with E-state index < -0.39 is 0 Å². The minimum Gasteiger partial charge on any atom is -0.369 e. The van der Waals surface area contributed by atoms with Crippen molar-refractivity contribution in [2.75, 3.05) is 18.1 Å². The van der Waals surface area contributed by atoms with Gasteiger partial charge in [-0.1, -0.05) is 0 Å². The number of Topliss-reactive ketones (excluding diaryl/α,β-unsaturated/α-hetero) is 1. The third-order valence-electron chi connectivity index (χ3n) is 2.30. The second-order valence-corrected chi connectivity index (χ2v) is 4.58. The fraction of sp³-hybridized carbons (Fsp3) is 0.455. The SMILES string of the molecule is O=C(Cc1ccncc1)C1CSCCO1. The highest BCUT2D eigenvalue weighted by atomic mass is 32.2. The first-order chi connectivity index (χ1) is 7.36. The van der Waals surface area contributed by atoms with E-state index in [2.05, 4.69) is 4.98 Å². The van der Waals surface area contributed by atoms with E-state index in [-0.39, 0.29) is 11.9 Å². The summed E-state index contributed by atoms with van der Waals surface area (Å²) in [6.45, 7) is 0.692. The van der Waals surface area contributed by atoms with Crippen molar-refractivity contribution < 1.29 is 9.53 Å². The fourth-order valence-electron chi connectivity index (χ4n) is 1.49. The van der Waals surface area contributed by atoms with Gasteiger partial charge in [0.05, 0.1) is 6.61 Å². The Morgan fingerprint density at radius 2 is 2.33 bits per heavy atom. The molecule has 1 aromatic heterocycles. The van der Waals surface area contributed by atoms with Crippen LogP contribution in [0, 0.1) is 0 Å². The Balaban J connectivity index is 1.91. The van der Waals surface area contributed by atoms with Crippen LogP contribution in [0.1, 0.15) is 5.56 Å². The molecule has 0 bridgehead atoms. The Hall–Kier alpha value is -0.870. The van der Waals surface area contributed by atoms with E-state index in [0.29, 0.717) is 13.0 Å². The van der Waals surface area contributed by atoms with Crippen LogP contribution in [0.15, 0.2) is 24.5 Å². The predicted molar refractivity (Wildman–Crippen MR) is 60.0 cm³/mol. The standard InChI is InChI=1S/C11H13NO2S/c13-10(11-8-15-6-5-14-11)7-9-1-3-12-4-2-9/h1-4,11H,5-8H2. The molecule has 0 saturated carbocycles. The average molecular weight is 223 g/mol. The highest BCUT2D eigenvalue weighted by Gasteiger charge is 2.21.